The SMILES string of the molecule is CCN1CC(=O)NC[C@@]12CCNC2. The van der Waals surface area contributed by atoms with E-state index >= 15 is 0 Å². The summed E-state index contributed by atoms with van der Waals surface area (Å²) in [7, 11) is 0. The van der Waals surface area contributed by atoms with E-state index in [1.807, 2.05) is 0 Å². The molecule has 0 aromatic rings. The lowest BCUT2D eigenvalue weighted by Gasteiger charge is -2.43. The highest BCUT2D eigenvalue weighted by Crippen LogP contribution is 2.24. The molecule has 4 heteroatoms. The second-order valence-electron chi connectivity index (χ2n) is 3.94. The minimum Gasteiger partial charge on any atom is -0.353 e. The van der Waals surface area contributed by atoms with Crippen molar-refractivity contribution < 1.29 is 4.79 Å². The molecule has 0 aromatic carbocycles. The summed E-state index contributed by atoms with van der Waals surface area (Å²) >= 11 is 0. The number of hydrogen-bond acceptors (Lipinski definition) is 3. The van der Waals surface area contributed by atoms with Crippen LogP contribution in [-0.4, -0.2) is 49.1 Å². The number of nitrogens with one attached hydrogen (secondary N) is 2. The van der Waals surface area contributed by atoms with E-state index in [1.165, 1.54) is 0 Å². The summed E-state index contributed by atoms with van der Waals surface area (Å²) in [6.45, 7) is 6.56. The summed E-state index contributed by atoms with van der Waals surface area (Å²) in [6.07, 6.45) is 1.15. The molecule has 2 fully saturated rings. The predicted molar refractivity (Wildman–Crippen MR) is 50.5 cm³/mol. The number of hydrogen-bond donors (Lipinski definition) is 2. The number of piperazine rings is 1. The summed E-state index contributed by atoms with van der Waals surface area (Å²) in [5.41, 5.74) is 0.211. The fraction of sp³-hybridized carbons (Fsp3) is 0.889. The van der Waals surface area contributed by atoms with E-state index in [4.69, 9.17) is 0 Å². The normalized spacial score (nSPS) is 35.3. The quantitative estimate of drug-likeness (QED) is 0.558. The Morgan fingerprint density at radius 3 is 3.00 bits per heavy atom. The topological polar surface area (TPSA) is 44.4 Å². The average molecular weight is 183 g/mol. The van der Waals surface area contributed by atoms with Crippen molar-refractivity contribution in [2.75, 3.05) is 32.7 Å². The summed E-state index contributed by atoms with van der Waals surface area (Å²) in [4.78, 5) is 13.5. The van der Waals surface area contributed by atoms with Crippen LogP contribution in [0.4, 0.5) is 0 Å². The predicted octanol–water partition coefficient (Wildman–Crippen LogP) is -0.830. The molecule has 2 saturated heterocycles. The zero-order chi connectivity index (χ0) is 9.31. The van der Waals surface area contributed by atoms with Crippen molar-refractivity contribution in [1.29, 1.82) is 0 Å². The zero-order valence-corrected chi connectivity index (χ0v) is 8.10. The van der Waals surface area contributed by atoms with Crippen molar-refractivity contribution in [1.82, 2.24) is 15.5 Å². The maximum Gasteiger partial charge on any atom is 0.234 e. The van der Waals surface area contributed by atoms with Gasteiger partial charge in [-0.3, -0.25) is 9.69 Å². The van der Waals surface area contributed by atoms with Gasteiger partial charge in [-0.1, -0.05) is 6.92 Å². The standard InChI is InChI=1S/C9H17N3O/c1-2-12-5-8(13)11-7-9(12)3-4-10-6-9/h10H,2-7H2,1H3,(H,11,13)/t9-/m0/s1. The number of likely N-dealkylation sites (N-methyl/N-ethyl adjacent to an activating group) is 1. The summed E-state index contributed by atoms with van der Waals surface area (Å²) in [5.74, 6) is 0.166. The van der Waals surface area contributed by atoms with E-state index in [1.54, 1.807) is 0 Å². The first-order valence-corrected chi connectivity index (χ1v) is 4.99. The van der Waals surface area contributed by atoms with Crippen LogP contribution >= 0.6 is 0 Å². The number of nitrogens with zero attached hydrogens (tertiary/aromatic N) is 1. The maximum absolute atomic E-state index is 11.2. The van der Waals surface area contributed by atoms with Crippen LogP contribution in [0.25, 0.3) is 0 Å². The van der Waals surface area contributed by atoms with E-state index in [2.05, 4.69) is 22.5 Å². The van der Waals surface area contributed by atoms with Gasteiger partial charge in [0.05, 0.1) is 12.1 Å². The molecule has 2 N–H and O–H groups in total. The number of rotatable bonds is 1. The molecular weight excluding hydrogens is 166 g/mol. The van der Waals surface area contributed by atoms with Crippen LogP contribution in [0.3, 0.4) is 0 Å². The van der Waals surface area contributed by atoms with Crippen LogP contribution in [0.2, 0.25) is 0 Å². The van der Waals surface area contributed by atoms with Crippen molar-refractivity contribution in [3.05, 3.63) is 0 Å². The molecule has 0 aliphatic carbocycles. The molecule has 1 amide bonds. The molecule has 2 heterocycles. The third-order valence-electron chi connectivity index (χ3n) is 3.22. The second-order valence-corrected chi connectivity index (χ2v) is 3.94. The van der Waals surface area contributed by atoms with E-state index in [9.17, 15) is 4.79 Å². The molecule has 0 unspecified atom stereocenters. The Hall–Kier alpha value is -0.610. The molecule has 2 aliphatic heterocycles. The van der Waals surface area contributed by atoms with Crippen molar-refractivity contribution in [3.63, 3.8) is 0 Å². The molecule has 2 rings (SSSR count). The van der Waals surface area contributed by atoms with E-state index in [-0.39, 0.29) is 11.4 Å². The van der Waals surface area contributed by atoms with Gasteiger partial charge in [-0.25, -0.2) is 0 Å². The van der Waals surface area contributed by atoms with Crippen LogP contribution in [0.5, 0.6) is 0 Å². The first-order chi connectivity index (χ1) is 6.27. The fourth-order valence-electron chi connectivity index (χ4n) is 2.37. The second kappa shape index (κ2) is 3.27. The first kappa shape index (κ1) is 8.97. The largest absolute Gasteiger partial charge is 0.353 e. The highest BCUT2D eigenvalue weighted by Gasteiger charge is 2.42. The Bertz CT molecular complexity index is 211. The molecule has 0 saturated carbocycles. The molecule has 0 bridgehead atoms. The van der Waals surface area contributed by atoms with E-state index < -0.39 is 0 Å². The molecule has 0 aromatic heterocycles. The Kier molecular flexibility index (Phi) is 2.26. The highest BCUT2D eigenvalue weighted by atomic mass is 16.2. The Morgan fingerprint density at radius 1 is 1.54 bits per heavy atom. The maximum atomic E-state index is 11.2. The zero-order valence-electron chi connectivity index (χ0n) is 8.10. The minimum atomic E-state index is 0.166. The van der Waals surface area contributed by atoms with E-state index in [0.717, 1.165) is 32.6 Å². The third kappa shape index (κ3) is 1.44. The first-order valence-electron chi connectivity index (χ1n) is 4.99. The molecule has 2 aliphatic rings. The molecule has 1 atom stereocenters. The van der Waals surface area contributed by atoms with Gasteiger partial charge in [-0.05, 0) is 19.5 Å². The van der Waals surface area contributed by atoms with Crippen molar-refractivity contribution in [3.8, 4) is 0 Å². The van der Waals surface area contributed by atoms with Gasteiger partial charge in [0.2, 0.25) is 5.91 Å². The van der Waals surface area contributed by atoms with Crippen molar-refractivity contribution in [2.24, 2.45) is 0 Å². The Morgan fingerprint density at radius 2 is 2.38 bits per heavy atom. The van der Waals surface area contributed by atoms with Crippen LogP contribution in [0.15, 0.2) is 0 Å². The fourth-order valence-corrected chi connectivity index (χ4v) is 2.37. The Balaban J connectivity index is 2.12. The van der Waals surface area contributed by atoms with E-state index in [0.29, 0.717) is 6.54 Å². The van der Waals surface area contributed by atoms with Gasteiger partial charge in [0.25, 0.3) is 0 Å². The molecular formula is C9H17N3O. The lowest BCUT2D eigenvalue weighted by Crippen LogP contribution is -2.64. The summed E-state index contributed by atoms with van der Waals surface area (Å²) in [6, 6.07) is 0. The van der Waals surface area contributed by atoms with Gasteiger partial charge < -0.3 is 10.6 Å². The third-order valence-corrected chi connectivity index (χ3v) is 3.22. The highest BCUT2D eigenvalue weighted by molar-refractivity contribution is 5.79. The minimum absolute atomic E-state index is 0.166. The number of carbonyl (C=O) groups excluding carboxylic acids is 1. The van der Waals surface area contributed by atoms with Gasteiger partial charge in [0.15, 0.2) is 0 Å². The monoisotopic (exact) mass is 183 g/mol. The Labute approximate surface area is 78.7 Å². The van der Waals surface area contributed by atoms with Gasteiger partial charge in [-0.2, -0.15) is 0 Å². The molecule has 0 radical (unpaired) electrons. The van der Waals surface area contributed by atoms with Crippen molar-refractivity contribution >= 4 is 5.91 Å². The lowest BCUT2D eigenvalue weighted by atomic mass is 9.93. The summed E-state index contributed by atoms with van der Waals surface area (Å²) in [5, 5.41) is 6.33. The molecule has 4 nitrogen and oxygen atoms in total. The van der Waals surface area contributed by atoms with Crippen LogP contribution < -0.4 is 10.6 Å². The van der Waals surface area contributed by atoms with Crippen LogP contribution in [0.1, 0.15) is 13.3 Å². The van der Waals surface area contributed by atoms with Crippen LogP contribution in [-0.2, 0) is 4.79 Å². The molecule has 1 spiro atoms. The molecule has 13 heavy (non-hydrogen) atoms. The lowest BCUT2D eigenvalue weighted by molar-refractivity contribution is -0.127. The molecule has 74 valence electrons. The van der Waals surface area contributed by atoms with Gasteiger partial charge >= 0.3 is 0 Å². The summed E-state index contributed by atoms with van der Waals surface area (Å²) < 4.78 is 0. The number of amides is 1. The number of carbonyl (C=O) groups is 1. The average Bonchev–Trinajstić information content (AvgIpc) is 2.59. The van der Waals surface area contributed by atoms with Crippen molar-refractivity contribution in [2.45, 2.75) is 18.9 Å². The van der Waals surface area contributed by atoms with Gasteiger partial charge in [0.1, 0.15) is 0 Å². The van der Waals surface area contributed by atoms with Gasteiger partial charge in [0, 0.05) is 13.1 Å². The smallest absolute Gasteiger partial charge is 0.234 e. The van der Waals surface area contributed by atoms with Gasteiger partial charge in [-0.15, -0.1) is 0 Å². The van der Waals surface area contributed by atoms with Crippen LogP contribution in [0, 0.1) is 0 Å².